The number of rotatable bonds is 2. The molecular formula is C15H14N2O2S. The first-order chi connectivity index (χ1) is 9.65. The molecule has 1 aliphatic rings. The van der Waals surface area contributed by atoms with Gasteiger partial charge in [-0.05, 0) is 18.9 Å². The van der Waals surface area contributed by atoms with Gasteiger partial charge in [-0.1, -0.05) is 24.8 Å². The average molecular weight is 286 g/mol. The summed E-state index contributed by atoms with van der Waals surface area (Å²) >= 11 is 1.53. The molecule has 1 aromatic heterocycles. The highest BCUT2D eigenvalue weighted by Crippen LogP contribution is 2.25. The molecule has 0 spiro atoms. The molecule has 4 nitrogen and oxygen atoms in total. The van der Waals surface area contributed by atoms with E-state index in [4.69, 9.17) is 0 Å². The molecule has 3 rings (SSSR count). The number of amides is 2. The minimum Gasteiger partial charge on any atom is -0.340 e. The zero-order chi connectivity index (χ0) is 14.1. The summed E-state index contributed by atoms with van der Waals surface area (Å²) in [5.41, 5.74) is 1.34. The summed E-state index contributed by atoms with van der Waals surface area (Å²) < 4.78 is 1.07. The van der Waals surface area contributed by atoms with Crippen LogP contribution in [0.3, 0.4) is 0 Å². The maximum atomic E-state index is 12.3. The van der Waals surface area contributed by atoms with Gasteiger partial charge in [-0.25, -0.2) is 0 Å². The van der Waals surface area contributed by atoms with E-state index >= 15 is 0 Å². The van der Waals surface area contributed by atoms with Crippen molar-refractivity contribution in [1.29, 1.82) is 0 Å². The van der Waals surface area contributed by atoms with Crippen LogP contribution in [0.15, 0.2) is 41.9 Å². The van der Waals surface area contributed by atoms with Crippen LogP contribution < -0.4 is 10.6 Å². The molecule has 2 heterocycles. The van der Waals surface area contributed by atoms with Gasteiger partial charge in [0.25, 0.3) is 5.91 Å². The van der Waals surface area contributed by atoms with Crippen LogP contribution in [0.2, 0.25) is 0 Å². The van der Waals surface area contributed by atoms with Gasteiger partial charge in [0.1, 0.15) is 6.04 Å². The number of hydrogen-bond donors (Lipinski definition) is 2. The molecule has 0 bridgehead atoms. The number of benzene rings is 1. The summed E-state index contributed by atoms with van der Waals surface area (Å²) in [7, 11) is 0. The van der Waals surface area contributed by atoms with Gasteiger partial charge in [0.2, 0.25) is 5.91 Å². The molecule has 1 saturated heterocycles. The lowest BCUT2D eigenvalue weighted by Gasteiger charge is -2.24. The largest absolute Gasteiger partial charge is 0.340 e. The van der Waals surface area contributed by atoms with Crippen molar-refractivity contribution in [3.63, 3.8) is 0 Å². The normalized spacial score (nSPS) is 18.9. The van der Waals surface area contributed by atoms with Crippen molar-refractivity contribution in [2.24, 2.45) is 0 Å². The second kappa shape index (κ2) is 5.09. The fourth-order valence-corrected chi connectivity index (χ4v) is 3.24. The lowest BCUT2D eigenvalue weighted by atomic mass is 10.0. The molecule has 5 heteroatoms. The van der Waals surface area contributed by atoms with Crippen molar-refractivity contribution < 1.29 is 9.59 Å². The second-order valence-electron chi connectivity index (χ2n) is 4.80. The van der Waals surface area contributed by atoms with Gasteiger partial charge in [-0.3, -0.25) is 9.59 Å². The van der Waals surface area contributed by atoms with Gasteiger partial charge < -0.3 is 10.6 Å². The number of fused-ring (bicyclic) bond motifs is 1. The van der Waals surface area contributed by atoms with Crippen molar-refractivity contribution >= 4 is 33.2 Å². The molecule has 1 atom stereocenters. The van der Waals surface area contributed by atoms with E-state index < -0.39 is 6.04 Å². The topological polar surface area (TPSA) is 58.2 Å². The summed E-state index contributed by atoms with van der Waals surface area (Å²) in [4.78, 5) is 24.1. The first-order valence-electron chi connectivity index (χ1n) is 6.41. The van der Waals surface area contributed by atoms with E-state index in [-0.39, 0.29) is 11.8 Å². The minimum atomic E-state index is -0.480. The van der Waals surface area contributed by atoms with Crippen molar-refractivity contribution in [1.82, 2.24) is 10.6 Å². The zero-order valence-corrected chi connectivity index (χ0v) is 11.6. The Balaban J connectivity index is 1.80. The van der Waals surface area contributed by atoms with Crippen LogP contribution in [0, 0.1) is 0 Å². The molecule has 1 aromatic carbocycles. The summed E-state index contributed by atoms with van der Waals surface area (Å²) in [6, 6.07) is 7.27. The number of thiophene rings is 1. The van der Waals surface area contributed by atoms with E-state index in [9.17, 15) is 9.59 Å². The Morgan fingerprint density at radius 1 is 1.40 bits per heavy atom. The number of carbonyl (C=O) groups is 2. The third-order valence-corrected chi connectivity index (χ3v) is 4.35. The molecule has 20 heavy (non-hydrogen) atoms. The van der Waals surface area contributed by atoms with Crippen LogP contribution in [0.4, 0.5) is 0 Å². The van der Waals surface area contributed by atoms with Crippen molar-refractivity contribution in [2.75, 3.05) is 0 Å². The van der Waals surface area contributed by atoms with Gasteiger partial charge in [0.15, 0.2) is 0 Å². The Bertz CT molecular complexity index is 705. The van der Waals surface area contributed by atoms with E-state index in [1.807, 2.05) is 29.6 Å². The SMILES string of the molecule is C=C1CC[C@@H](NC(=O)c2csc3ccccc23)C(=O)N1. The van der Waals surface area contributed by atoms with Crippen molar-refractivity contribution in [2.45, 2.75) is 18.9 Å². The highest BCUT2D eigenvalue weighted by Gasteiger charge is 2.26. The van der Waals surface area contributed by atoms with Gasteiger partial charge >= 0.3 is 0 Å². The van der Waals surface area contributed by atoms with Gasteiger partial charge in [-0.15, -0.1) is 11.3 Å². The molecular weight excluding hydrogens is 272 g/mol. The average Bonchev–Trinajstić information content (AvgIpc) is 2.86. The number of allylic oxidation sites excluding steroid dienone is 1. The number of carbonyl (C=O) groups excluding carboxylic acids is 2. The minimum absolute atomic E-state index is 0.186. The fourth-order valence-electron chi connectivity index (χ4n) is 2.30. The van der Waals surface area contributed by atoms with Gasteiger partial charge in [0.05, 0.1) is 5.56 Å². The summed E-state index contributed by atoms with van der Waals surface area (Å²) in [5, 5.41) is 8.23. The van der Waals surface area contributed by atoms with Crippen LogP contribution in [0.5, 0.6) is 0 Å². The standard InChI is InChI=1S/C15H14N2O2S/c1-9-6-7-12(15(19)16-9)17-14(18)11-8-20-13-5-3-2-4-10(11)13/h2-5,8,12H,1,6-7H2,(H,16,19)(H,17,18)/t12-/m1/s1. The van der Waals surface area contributed by atoms with Crippen LogP contribution >= 0.6 is 11.3 Å². The third-order valence-electron chi connectivity index (χ3n) is 3.38. The molecule has 1 fully saturated rings. The van der Waals surface area contributed by atoms with Gasteiger partial charge in [0, 0.05) is 21.2 Å². The summed E-state index contributed by atoms with van der Waals surface area (Å²) in [6.45, 7) is 3.73. The first kappa shape index (κ1) is 12.9. The van der Waals surface area contributed by atoms with Crippen LogP contribution in [0.25, 0.3) is 10.1 Å². The zero-order valence-electron chi connectivity index (χ0n) is 10.8. The molecule has 2 aromatic rings. The number of nitrogens with one attached hydrogen (secondary N) is 2. The smallest absolute Gasteiger partial charge is 0.253 e. The predicted molar refractivity (Wildman–Crippen MR) is 79.6 cm³/mol. The Hall–Kier alpha value is -2.14. The highest BCUT2D eigenvalue weighted by molar-refractivity contribution is 7.17. The molecule has 0 saturated carbocycles. The molecule has 102 valence electrons. The highest BCUT2D eigenvalue weighted by atomic mass is 32.1. The van der Waals surface area contributed by atoms with E-state index in [2.05, 4.69) is 17.2 Å². The quantitative estimate of drug-likeness (QED) is 0.890. The fraction of sp³-hybridized carbons (Fsp3) is 0.200. The molecule has 0 aliphatic carbocycles. The molecule has 2 amide bonds. The predicted octanol–water partition coefficient (Wildman–Crippen LogP) is 2.42. The summed E-state index contributed by atoms with van der Waals surface area (Å²) in [5.74, 6) is -0.385. The van der Waals surface area contributed by atoms with Crippen LogP contribution in [-0.2, 0) is 4.79 Å². The van der Waals surface area contributed by atoms with E-state index in [0.717, 1.165) is 10.1 Å². The first-order valence-corrected chi connectivity index (χ1v) is 7.29. The van der Waals surface area contributed by atoms with E-state index in [1.54, 1.807) is 0 Å². The Labute approximate surface area is 120 Å². The third kappa shape index (κ3) is 2.32. The van der Waals surface area contributed by atoms with Crippen LogP contribution in [0.1, 0.15) is 23.2 Å². The van der Waals surface area contributed by atoms with Gasteiger partial charge in [-0.2, -0.15) is 0 Å². The van der Waals surface area contributed by atoms with Crippen molar-refractivity contribution in [3.05, 3.63) is 47.5 Å². The second-order valence-corrected chi connectivity index (χ2v) is 5.71. The maximum absolute atomic E-state index is 12.3. The maximum Gasteiger partial charge on any atom is 0.253 e. The number of piperidine rings is 1. The van der Waals surface area contributed by atoms with E-state index in [0.29, 0.717) is 24.1 Å². The number of hydrogen-bond acceptors (Lipinski definition) is 3. The monoisotopic (exact) mass is 286 g/mol. The van der Waals surface area contributed by atoms with Crippen molar-refractivity contribution in [3.8, 4) is 0 Å². The lowest BCUT2D eigenvalue weighted by Crippen LogP contribution is -2.49. The Morgan fingerprint density at radius 2 is 2.20 bits per heavy atom. The molecule has 2 N–H and O–H groups in total. The molecule has 0 unspecified atom stereocenters. The Kier molecular flexibility index (Phi) is 3.28. The molecule has 1 aliphatic heterocycles. The van der Waals surface area contributed by atoms with E-state index in [1.165, 1.54) is 11.3 Å². The Morgan fingerprint density at radius 3 is 3.00 bits per heavy atom. The molecule has 0 radical (unpaired) electrons. The lowest BCUT2D eigenvalue weighted by molar-refractivity contribution is -0.123. The van der Waals surface area contributed by atoms with Crippen LogP contribution in [-0.4, -0.2) is 17.9 Å². The summed E-state index contributed by atoms with van der Waals surface area (Å²) in [6.07, 6.45) is 1.29.